The maximum absolute atomic E-state index is 11.7. The molecule has 3 aromatic rings. The summed E-state index contributed by atoms with van der Waals surface area (Å²) < 4.78 is 0. The Morgan fingerprint density at radius 1 is 1.31 bits per heavy atom. The molecule has 9 heteroatoms. The lowest BCUT2D eigenvalue weighted by Gasteiger charge is -2.13. The van der Waals surface area contributed by atoms with Crippen LogP contribution in [0.25, 0.3) is 11.0 Å². The van der Waals surface area contributed by atoms with Crippen molar-refractivity contribution < 1.29 is 9.90 Å². The van der Waals surface area contributed by atoms with Gasteiger partial charge in [0.05, 0.1) is 11.5 Å². The minimum absolute atomic E-state index is 0.300. The maximum Gasteiger partial charge on any atom is 0.196 e. The highest BCUT2D eigenvalue weighted by Crippen LogP contribution is 2.31. The molecule has 0 bridgehead atoms. The van der Waals surface area contributed by atoms with Crippen molar-refractivity contribution in [2.24, 2.45) is 0 Å². The molecule has 0 saturated heterocycles. The minimum atomic E-state index is -0.585. The highest BCUT2D eigenvalue weighted by Gasteiger charge is 2.18. The van der Waals surface area contributed by atoms with Crippen molar-refractivity contribution in [3.05, 3.63) is 35.8 Å². The summed E-state index contributed by atoms with van der Waals surface area (Å²) in [7, 11) is 1.78. The Hall–Kier alpha value is -2.49. The van der Waals surface area contributed by atoms with Gasteiger partial charge in [0.15, 0.2) is 11.4 Å². The van der Waals surface area contributed by atoms with Gasteiger partial charge >= 0.3 is 0 Å². The number of aromatic amines is 1. The Balaban J connectivity index is 0.00000145. The predicted molar refractivity (Wildman–Crippen MR) is 117 cm³/mol. The van der Waals surface area contributed by atoms with Gasteiger partial charge in [0, 0.05) is 41.6 Å². The maximum atomic E-state index is 11.7. The molecule has 3 aromatic heterocycles. The van der Waals surface area contributed by atoms with E-state index in [9.17, 15) is 9.90 Å². The van der Waals surface area contributed by atoms with Gasteiger partial charge in [0.25, 0.3) is 0 Å². The number of aryl methyl sites for hydroxylation is 1. The van der Waals surface area contributed by atoms with Crippen LogP contribution in [0.2, 0.25) is 0 Å². The van der Waals surface area contributed by atoms with Gasteiger partial charge in [0.1, 0.15) is 11.5 Å². The molecule has 0 spiro atoms. The fourth-order valence-electron chi connectivity index (χ4n) is 2.76. The number of aldehydes is 1. The molecule has 0 amide bonds. The SMILES string of the molecule is CC.CCc1[nH]c2nc(Sc3cccnc3)nc(NCC(O)CNC)c2c1C=O. The zero-order chi connectivity index (χ0) is 21.2. The van der Waals surface area contributed by atoms with Crippen LogP contribution in [-0.2, 0) is 6.42 Å². The molecule has 0 aliphatic heterocycles. The smallest absolute Gasteiger partial charge is 0.196 e. The fraction of sp³-hybridized carbons (Fsp3) is 0.400. The Labute approximate surface area is 175 Å². The van der Waals surface area contributed by atoms with E-state index in [-0.39, 0.29) is 0 Å². The number of carbonyl (C=O) groups excluding carboxylic acids is 1. The van der Waals surface area contributed by atoms with E-state index < -0.39 is 6.10 Å². The van der Waals surface area contributed by atoms with Crippen molar-refractivity contribution >= 4 is 34.9 Å². The third-order valence-electron chi connectivity index (χ3n) is 4.01. The molecule has 0 aliphatic carbocycles. The lowest BCUT2D eigenvalue weighted by Crippen LogP contribution is -2.30. The number of aliphatic hydroxyl groups excluding tert-OH is 1. The Morgan fingerprint density at radius 3 is 2.72 bits per heavy atom. The molecule has 1 unspecified atom stereocenters. The summed E-state index contributed by atoms with van der Waals surface area (Å²) in [6.07, 6.45) is 4.37. The number of rotatable bonds is 9. The lowest BCUT2D eigenvalue weighted by atomic mass is 10.1. The van der Waals surface area contributed by atoms with E-state index in [0.29, 0.717) is 47.1 Å². The quantitative estimate of drug-likeness (QED) is 0.311. The minimum Gasteiger partial charge on any atom is -0.390 e. The van der Waals surface area contributed by atoms with Gasteiger partial charge in [-0.05, 0) is 37.4 Å². The van der Waals surface area contributed by atoms with E-state index in [0.717, 1.165) is 16.9 Å². The second-order valence-electron chi connectivity index (χ2n) is 5.95. The van der Waals surface area contributed by atoms with E-state index >= 15 is 0 Å². The first kappa shape index (κ1) is 22.8. The van der Waals surface area contributed by atoms with E-state index in [1.54, 1.807) is 19.4 Å². The van der Waals surface area contributed by atoms with Gasteiger partial charge in [-0.2, -0.15) is 0 Å². The zero-order valence-corrected chi connectivity index (χ0v) is 18.0. The van der Waals surface area contributed by atoms with Crippen LogP contribution in [0.4, 0.5) is 5.82 Å². The van der Waals surface area contributed by atoms with Crippen LogP contribution < -0.4 is 10.6 Å². The first-order chi connectivity index (χ1) is 14.2. The molecule has 0 aromatic carbocycles. The summed E-state index contributed by atoms with van der Waals surface area (Å²) in [5.41, 5.74) is 1.97. The van der Waals surface area contributed by atoms with Crippen LogP contribution >= 0.6 is 11.8 Å². The van der Waals surface area contributed by atoms with Crippen molar-refractivity contribution in [2.75, 3.05) is 25.5 Å². The third kappa shape index (κ3) is 5.75. The largest absolute Gasteiger partial charge is 0.390 e. The molecule has 0 aliphatic rings. The number of aliphatic hydroxyl groups is 1. The summed E-state index contributed by atoms with van der Waals surface area (Å²) in [5.74, 6) is 0.527. The van der Waals surface area contributed by atoms with E-state index in [2.05, 4.69) is 30.6 Å². The zero-order valence-electron chi connectivity index (χ0n) is 17.2. The number of nitrogens with one attached hydrogen (secondary N) is 3. The Morgan fingerprint density at radius 2 is 2.10 bits per heavy atom. The number of pyridine rings is 1. The number of nitrogens with zero attached hydrogens (tertiary/aromatic N) is 3. The monoisotopic (exact) mass is 416 g/mol. The molecule has 156 valence electrons. The van der Waals surface area contributed by atoms with Gasteiger partial charge in [-0.3, -0.25) is 9.78 Å². The van der Waals surface area contributed by atoms with Crippen LogP contribution in [0.15, 0.2) is 34.6 Å². The number of hydrogen-bond acceptors (Lipinski definition) is 8. The summed E-state index contributed by atoms with van der Waals surface area (Å²) >= 11 is 1.38. The lowest BCUT2D eigenvalue weighted by molar-refractivity contribution is 0.112. The highest BCUT2D eigenvalue weighted by molar-refractivity contribution is 7.99. The number of anilines is 1. The Bertz CT molecular complexity index is 916. The number of fused-ring (bicyclic) bond motifs is 1. The van der Waals surface area contributed by atoms with Gasteiger partial charge in [-0.15, -0.1) is 0 Å². The Kier molecular flexibility index (Phi) is 9.04. The van der Waals surface area contributed by atoms with E-state index in [1.165, 1.54) is 11.8 Å². The van der Waals surface area contributed by atoms with Crippen LogP contribution in [0.3, 0.4) is 0 Å². The first-order valence-corrected chi connectivity index (χ1v) is 10.5. The van der Waals surface area contributed by atoms with E-state index in [4.69, 9.17) is 0 Å². The standard InChI is InChI=1S/C18H22N6O2S.C2H6/c1-3-14-13(10-25)15-16(21-8-11(26)7-19-2)23-18(24-17(15)22-14)27-12-5-4-6-20-9-12;1-2/h4-6,9-11,19,26H,3,7-8H2,1-2H3,(H2,21,22,23,24);1-2H3. The fourth-order valence-corrected chi connectivity index (χ4v) is 3.51. The van der Waals surface area contributed by atoms with E-state index in [1.807, 2.05) is 32.9 Å². The predicted octanol–water partition coefficient (Wildman–Crippen LogP) is 2.90. The number of carbonyl (C=O) groups is 1. The summed E-state index contributed by atoms with van der Waals surface area (Å²) in [6, 6.07) is 3.78. The van der Waals surface area contributed by atoms with Crippen LogP contribution in [0, 0.1) is 0 Å². The third-order valence-corrected chi connectivity index (χ3v) is 4.85. The molecule has 4 N–H and O–H groups in total. The molecular weight excluding hydrogens is 388 g/mol. The molecule has 29 heavy (non-hydrogen) atoms. The average molecular weight is 417 g/mol. The van der Waals surface area contributed by atoms with Gasteiger partial charge in [0.2, 0.25) is 0 Å². The van der Waals surface area contributed by atoms with Crippen LogP contribution in [0.5, 0.6) is 0 Å². The molecule has 3 heterocycles. The van der Waals surface area contributed by atoms with Crippen LogP contribution in [0.1, 0.15) is 36.8 Å². The normalized spacial score (nSPS) is 11.6. The van der Waals surface area contributed by atoms with Crippen molar-refractivity contribution in [3.63, 3.8) is 0 Å². The number of hydrogen-bond donors (Lipinski definition) is 4. The number of H-pyrrole nitrogens is 1. The average Bonchev–Trinajstić information content (AvgIpc) is 3.12. The van der Waals surface area contributed by atoms with Crippen LogP contribution in [-0.4, -0.2) is 57.6 Å². The van der Waals surface area contributed by atoms with Crippen molar-refractivity contribution in [1.29, 1.82) is 0 Å². The van der Waals surface area contributed by atoms with Gasteiger partial charge < -0.3 is 20.7 Å². The molecule has 0 fully saturated rings. The second-order valence-corrected chi connectivity index (χ2v) is 6.99. The highest BCUT2D eigenvalue weighted by atomic mass is 32.2. The topological polar surface area (TPSA) is 116 Å². The first-order valence-electron chi connectivity index (χ1n) is 9.68. The number of aromatic nitrogens is 4. The molecule has 0 saturated carbocycles. The summed E-state index contributed by atoms with van der Waals surface area (Å²) in [5, 5.41) is 17.3. The molecular formula is C20H28N6O2S. The molecule has 0 radical (unpaired) electrons. The second kappa shape index (κ2) is 11.5. The van der Waals surface area contributed by atoms with Gasteiger partial charge in [-0.1, -0.05) is 20.8 Å². The molecule has 1 atom stereocenters. The number of likely N-dealkylation sites (N-methyl/N-ethyl adjacent to an activating group) is 1. The molecule has 8 nitrogen and oxygen atoms in total. The molecule has 3 rings (SSSR count). The summed E-state index contributed by atoms with van der Waals surface area (Å²) in [4.78, 5) is 29.0. The van der Waals surface area contributed by atoms with Gasteiger partial charge in [-0.25, -0.2) is 9.97 Å². The van der Waals surface area contributed by atoms with Crippen molar-refractivity contribution in [3.8, 4) is 0 Å². The van der Waals surface area contributed by atoms with Crippen molar-refractivity contribution in [1.82, 2.24) is 25.3 Å². The van der Waals surface area contributed by atoms with Crippen molar-refractivity contribution in [2.45, 2.75) is 43.3 Å². The summed E-state index contributed by atoms with van der Waals surface area (Å²) in [6.45, 7) is 6.72.